The number of carbonyl (C=O) groups excluding carboxylic acids is 2. The zero-order valence-electron chi connectivity index (χ0n) is 19.5. The Morgan fingerprint density at radius 1 is 1.06 bits per heavy atom. The maximum atomic E-state index is 13.3. The van der Waals surface area contributed by atoms with E-state index in [4.69, 9.17) is 16.3 Å². The number of amides is 2. The Labute approximate surface area is 202 Å². The summed E-state index contributed by atoms with van der Waals surface area (Å²) in [4.78, 5) is 28.2. The van der Waals surface area contributed by atoms with Crippen LogP contribution in [0.5, 0.6) is 5.75 Å². The third kappa shape index (κ3) is 7.78. The standard InChI is InChI=1S/C27H35ClN2O3/c1-2-25(27(32)29-22-13-5-3-6-14-22)30(20-21-12-9-10-17-24(21)28)26(31)18-11-19-33-23-15-7-4-8-16-23/h4,7-10,12,15-17,22,25H,2-3,5-6,11,13-14,18-20H2,1H3,(H,29,32)/t25-/m1/s1. The summed E-state index contributed by atoms with van der Waals surface area (Å²) in [7, 11) is 0. The molecule has 0 radical (unpaired) electrons. The summed E-state index contributed by atoms with van der Waals surface area (Å²) < 4.78 is 5.74. The van der Waals surface area contributed by atoms with Gasteiger partial charge in [0.25, 0.3) is 0 Å². The van der Waals surface area contributed by atoms with Crippen LogP contribution in [-0.2, 0) is 16.1 Å². The Morgan fingerprint density at radius 3 is 2.45 bits per heavy atom. The van der Waals surface area contributed by atoms with E-state index in [-0.39, 0.29) is 17.9 Å². The Morgan fingerprint density at radius 2 is 1.76 bits per heavy atom. The summed E-state index contributed by atoms with van der Waals surface area (Å²) in [5.41, 5.74) is 0.844. The molecule has 0 bridgehead atoms. The van der Waals surface area contributed by atoms with Crippen LogP contribution in [-0.4, -0.2) is 35.4 Å². The van der Waals surface area contributed by atoms with Crippen molar-refractivity contribution in [3.63, 3.8) is 0 Å². The molecule has 0 saturated heterocycles. The number of nitrogens with one attached hydrogen (secondary N) is 1. The number of nitrogens with zero attached hydrogens (tertiary/aromatic N) is 1. The number of para-hydroxylation sites is 1. The molecular weight excluding hydrogens is 436 g/mol. The second kappa shape index (κ2) is 13.2. The molecule has 2 amide bonds. The van der Waals surface area contributed by atoms with Gasteiger partial charge in [0, 0.05) is 24.0 Å². The normalized spacial score (nSPS) is 15.0. The Bertz CT molecular complexity index is 884. The van der Waals surface area contributed by atoms with Crippen molar-refractivity contribution in [2.45, 2.75) is 76.9 Å². The van der Waals surface area contributed by atoms with Gasteiger partial charge < -0.3 is 15.0 Å². The molecule has 1 fully saturated rings. The summed E-state index contributed by atoms with van der Waals surface area (Å²) in [6.07, 6.45) is 6.98. The lowest BCUT2D eigenvalue weighted by atomic mass is 9.95. The van der Waals surface area contributed by atoms with Gasteiger partial charge in [0.15, 0.2) is 0 Å². The third-order valence-electron chi connectivity index (χ3n) is 6.18. The Kier molecular flexibility index (Phi) is 10.1. The molecule has 5 nitrogen and oxygen atoms in total. The molecule has 1 saturated carbocycles. The lowest BCUT2D eigenvalue weighted by Crippen LogP contribution is -2.51. The lowest BCUT2D eigenvalue weighted by Gasteiger charge is -2.33. The fourth-order valence-electron chi connectivity index (χ4n) is 4.35. The highest BCUT2D eigenvalue weighted by Crippen LogP contribution is 2.22. The number of ether oxygens (including phenoxy) is 1. The SMILES string of the molecule is CC[C@H](C(=O)NC1CCCCC1)N(Cc1ccccc1Cl)C(=O)CCCOc1ccccc1. The van der Waals surface area contributed by atoms with Crippen LogP contribution in [0.25, 0.3) is 0 Å². The number of hydrogen-bond donors (Lipinski definition) is 1. The van der Waals surface area contributed by atoms with Crippen LogP contribution in [0.4, 0.5) is 0 Å². The van der Waals surface area contributed by atoms with Gasteiger partial charge in [-0.2, -0.15) is 0 Å². The van der Waals surface area contributed by atoms with Gasteiger partial charge in [0.2, 0.25) is 11.8 Å². The molecule has 1 N–H and O–H groups in total. The van der Waals surface area contributed by atoms with Crippen molar-refractivity contribution in [3.05, 3.63) is 65.2 Å². The lowest BCUT2D eigenvalue weighted by molar-refractivity contribution is -0.142. The zero-order valence-corrected chi connectivity index (χ0v) is 20.2. The number of halogens is 1. The van der Waals surface area contributed by atoms with E-state index in [1.54, 1.807) is 4.90 Å². The minimum absolute atomic E-state index is 0.0581. The van der Waals surface area contributed by atoms with Crippen LogP contribution in [0.2, 0.25) is 5.02 Å². The maximum absolute atomic E-state index is 13.3. The van der Waals surface area contributed by atoms with E-state index < -0.39 is 6.04 Å². The molecule has 0 aliphatic heterocycles. The molecule has 2 aromatic rings. The minimum atomic E-state index is -0.522. The Balaban J connectivity index is 1.66. The van der Waals surface area contributed by atoms with Crippen LogP contribution in [0.3, 0.4) is 0 Å². The highest BCUT2D eigenvalue weighted by atomic mass is 35.5. The van der Waals surface area contributed by atoms with Crippen LogP contribution in [0.15, 0.2) is 54.6 Å². The molecule has 2 aromatic carbocycles. The second-order valence-electron chi connectivity index (χ2n) is 8.65. The third-order valence-corrected chi connectivity index (χ3v) is 6.55. The van der Waals surface area contributed by atoms with Gasteiger partial charge in [-0.1, -0.05) is 74.2 Å². The largest absolute Gasteiger partial charge is 0.494 e. The molecular formula is C27H35ClN2O3. The quantitative estimate of drug-likeness (QED) is 0.425. The van der Waals surface area contributed by atoms with Crippen molar-refractivity contribution in [3.8, 4) is 5.75 Å². The van der Waals surface area contributed by atoms with Gasteiger partial charge in [-0.25, -0.2) is 0 Å². The molecule has 1 atom stereocenters. The summed E-state index contributed by atoms with van der Waals surface area (Å²) >= 11 is 6.39. The van der Waals surface area contributed by atoms with E-state index in [1.807, 2.05) is 61.5 Å². The number of hydrogen-bond acceptors (Lipinski definition) is 3. The number of rotatable bonds is 11. The van der Waals surface area contributed by atoms with E-state index in [0.29, 0.717) is 37.4 Å². The first-order valence-corrected chi connectivity index (χ1v) is 12.5. The van der Waals surface area contributed by atoms with E-state index in [1.165, 1.54) is 6.42 Å². The zero-order chi connectivity index (χ0) is 23.5. The van der Waals surface area contributed by atoms with Crippen molar-refractivity contribution in [1.29, 1.82) is 0 Å². The Hall–Kier alpha value is -2.53. The molecule has 0 aromatic heterocycles. The van der Waals surface area contributed by atoms with Crippen molar-refractivity contribution in [1.82, 2.24) is 10.2 Å². The van der Waals surface area contributed by atoms with Gasteiger partial charge >= 0.3 is 0 Å². The molecule has 3 rings (SSSR count). The molecule has 6 heteroatoms. The van der Waals surface area contributed by atoms with Crippen molar-refractivity contribution < 1.29 is 14.3 Å². The van der Waals surface area contributed by atoms with Crippen molar-refractivity contribution in [2.75, 3.05) is 6.61 Å². The van der Waals surface area contributed by atoms with Crippen molar-refractivity contribution >= 4 is 23.4 Å². The van der Waals surface area contributed by atoms with E-state index in [0.717, 1.165) is 37.0 Å². The van der Waals surface area contributed by atoms with Gasteiger partial charge in [-0.05, 0) is 49.4 Å². The van der Waals surface area contributed by atoms with Gasteiger partial charge in [-0.15, -0.1) is 0 Å². The average Bonchev–Trinajstić information content (AvgIpc) is 2.84. The molecule has 33 heavy (non-hydrogen) atoms. The topological polar surface area (TPSA) is 58.6 Å². The van der Waals surface area contributed by atoms with E-state index >= 15 is 0 Å². The average molecular weight is 471 g/mol. The summed E-state index contributed by atoms with van der Waals surface area (Å²) in [6.45, 7) is 2.71. The van der Waals surface area contributed by atoms with Crippen molar-refractivity contribution in [2.24, 2.45) is 0 Å². The summed E-state index contributed by atoms with van der Waals surface area (Å²) in [6, 6.07) is 16.7. The molecule has 178 valence electrons. The van der Waals surface area contributed by atoms with Gasteiger partial charge in [0.1, 0.15) is 11.8 Å². The fraction of sp³-hybridized carbons (Fsp3) is 0.481. The predicted octanol–water partition coefficient (Wildman–Crippen LogP) is 5.76. The first kappa shape index (κ1) is 25.1. The first-order valence-electron chi connectivity index (χ1n) is 12.1. The van der Waals surface area contributed by atoms with Crippen LogP contribution < -0.4 is 10.1 Å². The van der Waals surface area contributed by atoms with E-state index in [9.17, 15) is 9.59 Å². The fourth-order valence-corrected chi connectivity index (χ4v) is 4.54. The maximum Gasteiger partial charge on any atom is 0.243 e. The van der Waals surface area contributed by atoms with Crippen LogP contribution >= 0.6 is 11.6 Å². The number of benzene rings is 2. The molecule has 1 aliphatic rings. The molecule has 0 heterocycles. The molecule has 0 unspecified atom stereocenters. The van der Waals surface area contributed by atoms with Gasteiger partial charge in [0.05, 0.1) is 6.61 Å². The van der Waals surface area contributed by atoms with Gasteiger partial charge in [-0.3, -0.25) is 9.59 Å². The summed E-state index contributed by atoms with van der Waals surface area (Å²) in [5.74, 6) is 0.665. The summed E-state index contributed by atoms with van der Waals surface area (Å²) in [5, 5.41) is 3.81. The van der Waals surface area contributed by atoms with Crippen LogP contribution in [0.1, 0.15) is 63.9 Å². The number of carbonyl (C=O) groups is 2. The highest BCUT2D eigenvalue weighted by molar-refractivity contribution is 6.31. The monoisotopic (exact) mass is 470 g/mol. The smallest absolute Gasteiger partial charge is 0.243 e. The molecule has 1 aliphatic carbocycles. The predicted molar refractivity (Wildman–Crippen MR) is 132 cm³/mol. The second-order valence-corrected chi connectivity index (χ2v) is 9.05. The van der Waals surface area contributed by atoms with E-state index in [2.05, 4.69) is 5.32 Å². The first-order chi connectivity index (χ1) is 16.1. The molecule has 0 spiro atoms. The highest BCUT2D eigenvalue weighted by Gasteiger charge is 2.30. The van der Waals surface area contributed by atoms with Crippen LogP contribution in [0, 0.1) is 0 Å². The minimum Gasteiger partial charge on any atom is -0.494 e.